The maximum absolute atomic E-state index is 11.3. The number of carboxylic acid groups (broad SMARTS) is 1. The van der Waals surface area contributed by atoms with Crippen molar-refractivity contribution < 1.29 is 9.90 Å². The van der Waals surface area contributed by atoms with E-state index in [9.17, 15) is 9.90 Å². The molecule has 0 bridgehead atoms. The third-order valence-electron chi connectivity index (χ3n) is 4.07. The largest absolute Gasteiger partial charge is 0.480 e. The van der Waals surface area contributed by atoms with E-state index in [2.05, 4.69) is 21.9 Å². The van der Waals surface area contributed by atoms with Crippen molar-refractivity contribution in [3.05, 3.63) is 23.8 Å². The van der Waals surface area contributed by atoms with E-state index in [1.54, 1.807) is 6.20 Å². The molecule has 1 aromatic rings. The summed E-state index contributed by atoms with van der Waals surface area (Å²) in [7, 11) is 2.10. The molecule has 1 saturated heterocycles. The molecule has 1 N–H and O–H groups in total. The van der Waals surface area contributed by atoms with Gasteiger partial charge in [0.05, 0.1) is 0 Å². The number of carboxylic acids is 1. The fraction of sp³-hybridized carbons (Fsp3) is 0.615. The van der Waals surface area contributed by atoms with Gasteiger partial charge < -0.3 is 10.0 Å². The fourth-order valence-corrected chi connectivity index (χ4v) is 2.67. The second-order valence-corrected chi connectivity index (χ2v) is 5.44. The first-order chi connectivity index (χ1) is 8.62. The number of rotatable bonds is 3. The van der Waals surface area contributed by atoms with Crippen LogP contribution in [0, 0.1) is 0 Å². The van der Waals surface area contributed by atoms with Gasteiger partial charge in [0.15, 0.2) is 0 Å². The summed E-state index contributed by atoms with van der Waals surface area (Å²) < 4.78 is 0. The molecule has 18 heavy (non-hydrogen) atoms. The Morgan fingerprint density at radius 2 is 2.33 bits per heavy atom. The van der Waals surface area contributed by atoms with Crippen LogP contribution in [-0.2, 0) is 10.2 Å². The van der Waals surface area contributed by atoms with E-state index < -0.39 is 11.4 Å². The Hall–Kier alpha value is -1.49. The molecule has 2 fully saturated rings. The summed E-state index contributed by atoms with van der Waals surface area (Å²) >= 11 is 0. The maximum Gasteiger partial charge on any atom is 0.317 e. The van der Waals surface area contributed by atoms with Gasteiger partial charge in [-0.05, 0) is 38.9 Å². The zero-order valence-electron chi connectivity index (χ0n) is 10.5. The highest BCUT2D eigenvalue weighted by molar-refractivity contribution is 5.83. The molecule has 1 saturated carbocycles. The number of aromatic nitrogens is 2. The topological polar surface area (TPSA) is 66.3 Å². The van der Waals surface area contributed by atoms with Crippen LogP contribution in [0.15, 0.2) is 12.3 Å². The van der Waals surface area contributed by atoms with Crippen LogP contribution in [0.2, 0.25) is 0 Å². The van der Waals surface area contributed by atoms with E-state index in [0.29, 0.717) is 24.6 Å². The Morgan fingerprint density at radius 3 is 2.89 bits per heavy atom. The Kier molecular flexibility index (Phi) is 2.59. The summed E-state index contributed by atoms with van der Waals surface area (Å²) in [5.74, 6) is 0.131. The number of aliphatic carboxylic acids is 1. The predicted molar refractivity (Wildman–Crippen MR) is 65.4 cm³/mol. The third-order valence-corrected chi connectivity index (χ3v) is 4.07. The second-order valence-electron chi connectivity index (χ2n) is 5.44. The molecule has 1 aliphatic carbocycles. The molecule has 0 spiro atoms. The van der Waals surface area contributed by atoms with Gasteiger partial charge in [0.25, 0.3) is 0 Å². The maximum atomic E-state index is 11.3. The first-order valence-corrected chi connectivity index (χ1v) is 6.37. The Balaban J connectivity index is 1.88. The number of likely N-dealkylation sites (N-methyl/N-ethyl adjacent to an activating group) is 1. The van der Waals surface area contributed by atoms with Gasteiger partial charge in [-0.1, -0.05) is 0 Å². The lowest BCUT2D eigenvalue weighted by atomic mass is 10.0. The highest BCUT2D eigenvalue weighted by atomic mass is 16.4. The van der Waals surface area contributed by atoms with Crippen molar-refractivity contribution >= 4 is 5.97 Å². The zero-order chi connectivity index (χ0) is 12.8. The molecule has 1 aliphatic heterocycles. The molecule has 5 nitrogen and oxygen atoms in total. The van der Waals surface area contributed by atoms with Crippen molar-refractivity contribution in [3.8, 4) is 0 Å². The van der Waals surface area contributed by atoms with Gasteiger partial charge in [-0.2, -0.15) is 0 Å². The summed E-state index contributed by atoms with van der Waals surface area (Å²) in [5, 5.41) is 9.27. The normalized spacial score (nSPS) is 26.2. The molecule has 0 radical (unpaired) electrons. The molecular weight excluding hydrogens is 230 g/mol. The summed E-state index contributed by atoms with van der Waals surface area (Å²) in [6, 6.07) is 1.92. The van der Waals surface area contributed by atoms with Gasteiger partial charge in [0.1, 0.15) is 11.2 Å². The molecule has 96 valence electrons. The van der Waals surface area contributed by atoms with Gasteiger partial charge in [-0.3, -0.25) is 4.79 Å². The van der Waals surface area contributed by atoms with Crippen molar-refractivity contribution in [2.45, 2.75) is 30.6 Å². The minimum Gasteiger partial charge on any atom is -0.480 e. The average molecular weight is 247 g/mol. The highest BCUT2D eigenvalue weighted by Gasteiger charge is 2.54. The lowest BCUT2D eigenvalue weighted by Crippen LogP contribution is -2.23. The summed E-state index contributed by atoms with van der Waals surface area (Å²) in [6.07, 6.45) is 4.12. The van der Waals surface area contributed by atoms with Crippen LogP contribution < -0.4 is 0 Å². The van der Waals surface area contributed by atoms with Crippen molar-refractivity contribution in [2.24, 2.45) is 0 Å². The van der Waals surface area contributed by atoms with E-state index in [-0.39, 0.29) is 0 Å². The SMILES string of the molecule is CN1CCC(c2ccnc(C3(C(=O)O)CC3)n2)C1. The van der Waals surface area contributed by atoms with E-state index in [4.69, 9.17) is 0 Å². The average Bonchev–Trinajstić information content (AvgIpc) is 3.07. The first kappa shape index (κ1) is 11.6. The smallest absolute Gasteiger partial charge is 0.317 e. The van der Waals surface area contributed by atoms with Gasteiger partial charge in [-0.15, -0.1) is 0 Å². The van der Waals surface area contributed by atoms with Crippen LogP contribution in [0.25, 0.3) is 0 Å². The lowest BCUT2D eigenvalue weighted by Gasteiger charge is -2.13. The number of carbonyl (C=O) groups is 1. The van der Waals surface area contributed by atoms with Crippen LogP contribution in [-0.4, -0.2) is 46.1 Å². The molecule has 1 atom stereocenters. The quantitative estimate of drug-likeness (QED) is 0.863. The molecule has 0 aromatic carbocycles. The number of likely N-dealkylation sites (tertiary alicyclic amines) is 1. The monoisotopic (exact) mass is 247 g/mol. The minimum atomic E-state index is -0.791. The van der Waals surface area contributed by atoms with Crippen molar-refractivity contribution in [2.75, 3.05) is 20.1 Å². The molecule has 1 aromatic heterocycles. The van der Waals surface area contributed by atoms with Crippen LogP contribution >= 0.6 is 0 Å². The predicted octanol–water partition coefficient (Wildman–Crippen LogP) is 1.01. The van der Waals surface area contributed by atoms with Crippen molar-refractivity contribution in [1.82, 2.24) is 14.9 Å². The summed E-state index contributed by atoms with van der Waals surface area (Å²) in [4.78, 5) is 22.3. The summed E-state index contributed by atoms with van der Waals surface area (Å²) in [6.45, 7) is 2.07. The van der Waals surface area contributed by atoms with Gasteiger partial charge in [0.2, 0.25) is 0 Å². The van der Waals surface area contributed by atoms with Crippen LogP contribution in [0.1, 0.15) is 36.7 Å². The zero-order valence-corrected chi connectivity index (χ0v) is 10.5. The van der Waals surface area contributed by atoms with Crippen molar-refractivity contribution in [3.63, 3.8) is 0 Å². The molecule has 2 aliphatic rings. The lowest BCUT2D eigenvalue weighted by molar-refractivity contribution is -0.140. The number of hydrogen-bond acceptors (Lipinski definition) is 4. The fourth-order valence-electron chi connectivity index (χ4n) is 2.67. The third kappa shape index (κ3) is 1.79. The Morgan fingerprint density at radius 1 is 1.56 bits per heavy atom. The molecule has 0 amide bonds. The molecule has 2 heterocycles. The van der Waals surface area contributed by atoms with Crippen LogP contribution in [0.3, 0.4) is 0 Å². The number of nitrogens with zero attached hydrogens (tertiary/aromatic N) is 3. The minimum absolute atomic E-state index is 0.418. The summed E-state index contributed by atoms with van der Waals surface area (Å²) in [5.41, 5.74) is 0.206. The van der Waals surface area contributed by atoms with Gasteiger partial charge in [0, 0.05) is 24.4 Å². The number of hydrogen-bond donors (Lipinski definition) is 1. The van der Waals surface area contributed by atoms with Crippen molar-refractivity contribution in [1.29, 1.82) is 0 Å². The van der Waals surface area contributed by atoms with E-state index in [1.807, 2.05) is 6.07 Å². The van der Waals surface area contributed by atoms with E-state index >= 15 is 0 Å². The van der Waals surface area contributed by atoms with E-state index in [0.717, 1.165) is 25.2 Å². The van der Waals surface area contributed by atoms with Gasteiger partial charge >= 0.3 is 5.97 Å². The molecule has 1 unspecified atom stereocenters. The Bertz CT molecular complexity index is 485. The molecule has 3 rings (SSSR count). The van der Waals surface area contributed by atoms with Crippen LogP contribution in [0.5, 0.6) is 0 Å². The van der Waals surface area contributed by atoms with Crippen LogP contribution in [0.4, 0.5) is 0 Å². The Labute approximate surface area is 106 Å². The van der Waals surface area contributed by atoms with Gasteiger partial charge in [-0.25, -0.2) is 9.97 Å². The highest BCUT2D eigenvalue weighted by Crippen LogP contribution is 2.47. The van der Waals surface area contributed by atoms with E-state index in [1.165, 1.54) is 0 Å². The molecule has 5 heteroatoms. The first-order valence-electron chi connectivity index (χ1n) is 6.37. The second kappa shape index (κ2) is 4.02. The standard InChI is InChI=1S/C13H17N3O2/c1-16-7-3-9(8-16)10-2-6-14-11(15-10)13(4-5-13)12(17)18/h2,6,9H,3-5,7-8H2,1H3,(H,17,18). The molecular formula is C13H17N3O2.